The van der Waals surface area contributed by atoms with Crippen molar-refractivity contribution in [3.63, 3.8) is 0 Å². The number of carbonyl (C=O) groups excluding carboxylic acids is 1. The average molecular weight is 250 g/mol. The second-order valence-electron chi connectivity index (χ2n) is 3.52. The first-order valence-electron chi connectivity index (χ1n) is 5.27. The molecule has 0 aliphatic carbocycles. The summed E-state index contributed by atoms with van der Waals surface area (Å²) in [6.07, 6.45) is 5.45. The summed E-state index contributed by atoms with van der Waals surface area (Å²) in [7, 11) is 0. The normalized spacial score (nSPS) is 10.2. The largest absolute Gasteiger partial charge is 0.353 e. The van der Waals surface area contributed by atoms with Gasteiger partial charge in [0.25, 0.3) is 5.91 Å². The molecule has 0 aliphatic rings. The summed E-state index contributed by atoms with van der Waals surface area (Å²) in [6, 6.07) is 7.23. The minimum absolute atomic E-state index is 0.199. The zero-order valence-corrected chi connectivity index (χ0v) is 9.89. The molecule has 1 amide bonds. The number of hydrogen-bond acceptors (Lipinski definition) is 2. The third-order valence-electron chi connectivity index (χ3n) is 2.33. The highest BCUT2D eigenvalue weighted by molar-refractivity contribution is 6.32. The van der Waals surface area contributed by atoms with Crippen LogP contribution < -0.4 is 5.32 Å². The van der Waals surface area contributed by atoms with Crippen LogP contribution in [-0.4, -0.2) is 22.0 Å². The highest BCUT2D eigenvalue weighted by Crippen LogP contribution is 2.10. The Morgan fingerprint density at radius 2 is 2.12 bits per heavy atom. The molecule has 0 spiro atoms. The molecule has 0 saturated carbocycles. The van der Waals surface area contributed by atoms with Gasteiger partial charge in [0, 0.05) is 31.7 Å². The van der Waals surface area contributed by atoms with E-state index < -0.39 is 0 Å². The molecule has 4 nitrogen and oxygen atoms in total. The van der Waals surface area contributed by atoms with Crippen LogP contribution in [0.3, 0.4) is 0 Å². The van der Waals surface area contributed by atoms with Crippen molar-refractivity contribution in [2.24, 2.45) is 0 Å². The van der Waals surface area contributed by atoms with Crippen molar-refractivity contribution in [3.05, 3.63) is 53.6 Å². The van der Waals surface area contributed by atoms with E-state index in [4.69, 9.17) is 11.6 Å². The molecule has 0 radical (unpaired) electrons. The van der Waals surface area contributed by atoms with Gasteiger partial charge in [-0.2, -0.15) is 0 Å². The summed E-state index contributed by atoms with van der Waals surface area (Å²) in [5, 5.41) is 3.02. The van der Waals surface area contributed by atoms with Crippen molar-refractivity contribution in [2.75, 3.05) is 6.54 Å². The van der Waals surface area contributed by atoms with Crippen molar-refractivity contribution >= 4 is 17.5 Å². The molecule has 0 atom stereocenters. The van der Waals surface area contributed by atoms with E-state index in [-0.39, 0.29) is 11.1 Å². The summed E-state index contributed by atoms with van der Waals surface area (Å²) in [5.74, 6) is -0.199. The van der Waals surface area contributed by atoms with Crippen LogP contribution in [-0.2, 0) is 6.54 Å². The maximum absolute atomic E-state index is 11.7. The first-order chi connectivity index (χ1) is 8.27. The standard InChI is InChI=1S/C12H12ClN3O/c13-11-10(4-3-5-14-11)12(17)15-6-9-16-7-1-2-8-16/h1-5,7-8H,6,9H2,(H,15,17). The Morgan fingerprint density at radius 1 is 1.35 bits per heavy atom. The molecule has 2 aromatic heterocycles. The summed E-state index contributed by atoms with van der Waals surface area (Å²) in [6.45, 7) is 1.29. The first kappa shape index (κ1) is 11.7. The third kappa shape index (κ3) is 3.07. The van der Waals surface area contributed by atoms with Gasteiger partial charge in [-0.15, -0.1) is 0 Å². The van der Waals surface area contributed by atoms with E-state index in [0.717, 1.165) is 6.54 Å². The fraction of sp³-hybridized carbons (Fsp3) is 0.167. The van der Waals surface area contributed by atoms with Gasteiger partial charge >= 0.3 is 0 Å². The molecule has 0 aromatic carbocycles. The Kier molecular flexibility index (Phi) is 3.77. The molecular weight excluding hydrogens is 238 g/mol. The highest BCUT2D eigenvalue weighted by Gasteiger charge is 2.09. The van der Waals surface area contributed by atoms with Crippen LogP contribution in [0.1, 0.15) is 10.4 Å². The van der Waals surface area contributed by atoms with Crippen LogP contribution in [0.15, 0.2) is 42.9 Å². The maximum atomic E-state index is 11.7. The fourth-order valence-electron chi connectivity index (χ4n) is 1.47. The van der Waals surface area contributed by atoms with Gasteiger partial charge in [-0.05, 0) is 24.3 Å². The number of halogens is 1. The molecule has 2 aromatic rings. The van der Waals surface area contributed by atoms with Crippen LogP contribution in [0.25, 0.3) is 0 Å². The van der Waals surface area contributed by atoms with Crippen molar-refractivity contribution in [2.45, 2.75) is 6.54 Å². The van der Waals surface area contributed by atoms with Gasteiger partial charge in [0.1, 0.15) is 5.15 Å². The molecule has 0 aliphatic heterocycles. The zero-order valence-electron chi connectivity index (χ0n) is 9.14. The minimum atomic E-state index is -0.199. The molecule has 2 heterocycles. The van der Waals surface area contributed by atoms with Gasteiger partial charge in [-0.1, -0.05) is 11.6 Å². The number of pyridine rings is 1. The number of nitrogens with zero attached hydrogens (tertiary/aromatic N) is 2. The van der Waals surface area contributed by atoms with E-state index in [1.165, 1.54) is 0 Å². The quantitative estimate of drug-likeness (QED) is 0.842. The Labute approximate surface area is 104 Å². The summed E-state index contributed by atoms with van der Waals surface area (Å²) in [4.78, 5) is 15.6. The van der Waals surface area contributed by atoms with Gasteiger partial charge < -0.3 is 9.88 Å². The molecule has 0 fully saturated rings. The van der Waals surface area contributed by atoms with Crippen LogP contribution in [0.5, 0.6) is 0 Å². The topological polar surface area (TPSA) is 46.9 Å². The van der Waals surface area contributed by atoms with Gasteiger partial charge in [-0.25, -0.2) is 4.98 Å². The summed E-state index contributed by atoms with van der Waals surface area (Å²) < 4.78 is 1.99. The van der Waals surface area contributed by atoms with Gasteiger partial charge in [0.05, 0.1) is 5.56 Å². The lowest BCUT2D eigenvalue weighted by Gasteiger charge is -2.06. The predicted octanol–water partition coefficient (Wildman–Crippen LogP) is 1.97. The Hall–Kier alpha value is -1.81. The van der Waals surface area contributed by atoms with E-state index in [2.05, 4.69) is 10.3 Å². The Morgan fingerprint density at radius 3 is 2.82 bits per heavy atom. The van der Waals surface area contributed by atoms with Crippen LogP contribution in [0, 0.1) is 0 Å². The molecule has 88 valence electrons. The minimum Gasteiger partial charge on any atom is -0.353 e. The van der Waals surface area contributed by atoms with Crippen molar-refractivity contribution in [1.29, 1.82) is 0 Å². The number of amides is 1. The molecular formula is C12H12ClN3O. The van der Waals surface area contributed by atoms with Crippen LogP contribution in [0.4, 0.5) is 0 Å². The average Bonchev–Trinajstić information content (AvgIpc) is 2.82. The third-order valence-corrected chi connectivity index (χ3v) is 2.63. The second kappa shape index (κ2) is 5.50. The molecule has 5 heteroatoms. The van der Waals surface area contributed by atoms with Crippen LogP contribution in [0.2, 0.25) is 5.15 Å². The number of aromatic nitrogens is 2. The lowest BCUT2D eigenvalue weighted by molar-refractivity contribution is 0.0952. The number of nitrogens with one attached hydrogen (secondary N) is 1. The van der Waals surface area contributed by atoms with Gasteiger partial charge in [0.15, 0.2) is 0 Å². The van der Waals surface area contributed by atoms with Crippen molar-refractivity contribution in [3.8, 4) is 0 Å². The van der Waals surface area contributed by atoms with Crippen LogP contribution >= 0.6 is 11.6 Å². The van der Waals surface area contributed by atoms with E-state index in [9.17, 15) is 4.79 Å². The number of rotatable bonds is 4. The number of carbonyl (C=O) groups is 1. The van der Waals surface area contributed by atoms with E-state index >= 15 is 0 Å². The highest BCUT2D eigenvalue weighted by atomic mass is 35.5. The lowest BCUT2D eigenvalue weighted by atomic mass is 10.2. The molecule has 17 heavy (non-hydrogen) atoms. The van der Waals surface area contributed by atoms with Crippen molar-refractivity contribution in [1.82, 2.24) is 14.9 Å². The molecule has 0 unspecified atom stereocenters. The predicted molar refractivity (Wildman–Crippen MR) is 66.0 cm³/mol. The Balaban J connectivity index is 1.88. The SMILES string of the molecule is O=C(NCCn1cccc1)c1cccnc1Cl. The smallest absolute Gasteiger partial charge is 0.254 e. The first-order valence-corrected chi connectivity index (χ1v) is 5.64. The summed E-state index contributed by atoms with van der Waals surface area (Å²) >= 11 is 5.82. The Bertz CT molecular complexity index is 496. The van der Waals surface area contributed by atoms with E-state index in [0.29, 0.717) is 12.1 Å². The summed E-state index contributed by atoms with van der Waals surface area (Å²) in [5.41, 5.74) is 0.404. The second-order valence-corrected chi connectivity index (χ2v) is 3.88. The molecule has 1 N–H and O–H groups in total. The number of hydrogen-bond donors (Lipinski definition) is 1. The van der Waals surface area contributed by atoms with Gasteiger partial charge in [-0.3, -0.25) is 4.79 Å². The maximum Gasteiger partial charge on any atom is 0.254 e. The molecule has 2 rings (SSSR count). The molecule has 0 saturated heterocycles. The van der Waals surface area contributed by atoms with Gasteiger partial charge in [0.2, 0.25) is 0 Å². The monoisotopic (exact) mass is 249 g/mol. The zero-order chi connectivity index (χ0) is 12.1. The van der Waals surface area contributed by atoms with E-state index in [1.807, 2.05) is 29.1 Å². The van der Waals surface area contributed by atoms with Crippen molar-refractivity contribution < 1.29 is 4.79 Å². The molecule has 0 bridgehead atoms. The van der Waals surface area contributed by atoms with E-state index in [1.54, 1.807) is 18.3 Å². The lowest BCUT2D eigenvalue weighted by Crippen LogP contribution is -2.27. The fourth-order valence-corrected chi connectivity index (χ4v) is 1.67.